The quantitative estimate of drug-likeness (QED) is 0.773. The molecule has 0 aliphatic heterocycles. The lowest BCUT2D eigenvalue weighted by Crippen LogP contribution is -2.11. The monoisotopic (exact) mass is 288 g/mol. The van der Waals surface area contributed by atoms with Crippen LogP contribution in [0.3, 0.4) is 0 Å². The predicted molar refractivity (Wildman–Crippen MR) is 78.5 cm³/mol. The Kier molecular flexibility index (Phi) is 6.22. The van der Waals surface area contributed by atoms with E-state index in [2.05, 4.69) is 18.9 Å². The van der Waals surface area contributed by atoms with Crippen molar-refractivity contribution in [2.24, 2.45) is 13.0 Å². The summed E-state index contributed by atoms with van der Waals surface area (Å²) in [5.74, 6) is 2.41. The second-order valence-electron chi connectivity index (χ2n) is 4.81. The van der Waals surface area contributed by atoms with Crippen LogP contribution in [0.4, 0.5) is 0 Å². The van der Waals surface area contributed by atoms with Gasteiger partial charge in [-0.05, 0) is 18.1 Å². The van der Waals surface area contributed by atoms with Gasteiger partial charge in [-0.25, -0.2) is 0 Å². The maximum Gasteiger partial charge on any atom is 0.148 e. The maximum atomic E-state index is 11.9. The van der Waals surface area contributed by atoms with E-state index in [9.17, 15) is 4.79 Å². The number of carbonyl (C=O) groups excluding carboxylic acids is 1. The van der Waals surface area contributed by atoms with E-state index in [0.29, 0.717) is 23.1 Å². The van der Waals surface area contributed by atoms with Gasteiger partial charge in [0, 0.05) is 7.05 Å². The molecule has 1 aromatic heterocycles. The summed E-state index contributed by atoms with van der Waals surface area (Å²) < 4.78 is 1.73. The Labute approximate surface area is 118 Å². The normalized spacial score (nSPS) is 11.2. The number of rotatable bonds is 7. The first-order valence-electron chi connectivity index (χ1n) is 6.25. The van der Waals surface area contributed by atoms with Gasteiger partial charge in [-0.3, -0.25) is 9.48 Å². The van der Waals surface area contributed by atoms with Gasteiger partial charge in [0.1, 0.15) is 5.78 Å². The molecule has 1 rings (SSSR count). The number of hydrogen-bond donors (Lipinski definition) is 0. The summed E-state index contributed by atoms with van der Waals surface area (Å²) in [6.07, 6.45) is 1.18. The smallest absolute Gasteiger partial charge is 0.148 e. The van der Waals surface area contributed by atoms with Gasteiger partial charge in [-0.2, -0.15) is 16.9 Å². The summed E-state index contributed by atoms with van der Waals surface area (Å²) in [4.78, 5) is 11.9. The molecule has 0 fully saturated rings. The molecule has 0 atom stereocenters. The molecule has 0 aromatic carbocycles. The fourth-order valence-electron chi connectivity index (χ4n) is 1.66. The SMILES string of the molecule is CCc1nn(C)c(CC(=O)CSCC(C)C)c1Cl. The molecule has 1 aromatic rings. The highest BCUT2D eigenvalue weighted by Crippen LogP contribution is 2.22. The summed E-state index contributed by atoms with van der Waals surface area (Å²) in [6, 6.07) is 0. The van der Waals surface area contributed by atoms with E-state index in [0.717, 1.165) is 23.6 Å². The van der Waals surface area contributed by atoms with E-state index >= 15 is 0 Å². The first kappa shape index (κ1) is 15.6. The molecule has 5 heteroatoms. The highest BCUT2D eigenvalue weighted by atomic mass is 35.5. The van der Waals surface area contributed by atoms with Crippen molar-refractivity contribution < 1.29 is 4.79 Å². The van der Waals surface area contributed by atoms with Crippen LogP contribution in [-0.4, -0.2) is 27.1 Å². The number of aromatic nitrogens is 2. The molecular formula is C13H21ClN2OS. The van der Waals surface area contributed by atoms with Crippen LogP contribution in [0.2, 0.25) is 5.02 Å². The average Bonchev–Trinajstić information content (AvgIpc) is 2.56. The predicted octanol–water partition coefficient (Wildman–Crippen LogP) is 3.14. The third kappa shape index (κ3) is 4.32. The van der Waals surface area contributed by atoms with Gasteiger partial charge in [-0.15, -0.1) is 0 Å². The molecule has 0 spiro atoms. The topological polar surface area (TPSA) is 34.9 Å². The zero-order valence-corrected chi connectivity index (χ0v) is 13.1. The van der Waals surface area contributed by atoms with Gasteiger partial charge in [0.05, 0.1) is 28.6 Å². The minimum atomic E-state index is 0.216. The van der Waals surface area contributed by atoms with Crippen LogP contribution >= 0.6 is 23.4 Å². The fraction of sp³-hybridized carbons (Fsp3) is 0.692. The van der Waals surface area contributed by atoms with Crippen LogP contribution in [0.5, 0.6) is 0 Å². The zero-order valence-electron chi connectivity index (χ0n) is 11.5. The first-order chi connectivity index (χ1) is 8.45. The zero-order chi connectivity index (χ0) is 13.7. The molecule has 3 nitrogen and oxygen atoms in total. The van der Waals surface area contributed by atoms with E-state index in [4.69, 9.17) is 11.6 Å². The molecule has 0 N–H and O–H groups in total. The third-order valence-corrected chi connectivity index (χ3v) is 4.45. The second kappa shape index (κ2) is 7.19. The molecule has 0 amide bonds. The Morgan fingerprint density at radius 3 is 2.67 bits per heavy atom. The highest BCUT2D eigenvalue weighted by molar-refractivity contribution is 7.99. The standard InChI is InChI=1S/C13H21ClN2OS/c1-5-11-13(14)12(16(4)15-11)6-10(17)8-18-7-9(2)3/h9H,5-8H2,1-4H3. The fourth-order valence-corrected chi connectivity index (χ4v) is 2.94. The number of aryl methyl sites for hydroxylation is 2. The first-order valence-corrected chi connectivity index (χ1v) is 7.78. The van der Waals surface area contributed by atoms with E-state index in [-0.39, 0.29) is 5.78 Å². The summed E-state index contributed by atoms with van der Waals surface area (Å²) in [6.45, 7) is 6.32. The Morgan fingerprint density at radius 1 is 1.50 bits per heavy atom. The Bertz CT molecular complexity index is 415. The largest absolute Gasteiger partial charge is 0.298 e. The molecule has 0 aliphatic carbocycles. The number of Topliss-reactive ketones (excluding diaryl/α,β-unsaturated/α-hetero) is 1. The summed E-state index contributed by atoms with van der Waals surface area (Å²) >= 11 is 7.91. The average molecular weight is 289 g/mol. The Hall–Kier alpha value is -0.480. The van der Waals surface area contributed by atoms with Gasteiger partial charge >= 0.3 is 0 Å². The van der Waals surface area contributed by atoms with Crippen LogP contribution in [0.1, 0.15) is 32.2 Å². The van der Waals surface area contributed by atoms with Crippen molar-refractivity contribution in [3.63, 3.8) is 0 Å². The molecule has 18 heavy (non-hydrogen) atoms. The number of nitrogens with zero attached hydrogens (tertiary/aromatic N) is 2. The molecular weight excluding hydrogens is 268 g/mol. The van der Waals surface area contributed by atoms with Gasteiger partial charge in [0.2, 0.25) is 0 Å². The molecule has 0 saturated heterocycles. The minimum absolute atomic E-state index is 0.216. The van der Waals surface area contributed by atoms with Crippen LogP contribution in [0, 0.1) is 5.92 Å². The van der Waals surface area contributed by atoms with Gasteiger partial charge < -0.3 is 0 Å². The van der Waals surface area contributed by atoms with E-state index in [1.165, 1.54) is 0 Å². The van der Waals surface area contributed by atoms with Gasteiger partial charge in [-0.1, -0.05) is 32.4 Å². The van der Waals surface area contributed by atoms with Crippen molar-refractivity contribution in [3.05, 3.63) is 16.4 Å². The molecule has 1 heterocycles. The maximum absolute atomic E-state index is 11.9. The minimum Gasteiger partial charge on any atom is -0.298 e. The van der Waals surface area contributed by atoms with Crippen molar-refractivity contribution in [3.8, 4) is 0 Å². The van der Waals surface area contributed by atoms with Crippen molar-refractivity contribution >= 4 is 29.1 Å². The number of halogens is 1. The lowest BCUT2D eigenvalue weighted by Gasteiger charge is -2.05. The lowest BCUT2D eigenvalue weighted by atomic mass is 10.2. The third-order valence-electron chi connectivity index (χ3n) is 2.58. The van der Waals surface area contributed by atoms with Crippen molar-refractivity contribution in [1.29, 1.82) is 0 Å². The summed E-state index contributed by atoms with van der Waals surface area (Å²) in [5.41, 5.74) is 1.71. The van der Waals surface area contributed by atoms with Gasteiger partial charge in [0.15, 0.2) is 0 Å². The van der Waals surface area contributed by atoms with Gasteiger partial charge in [0.25, 0.3) is 0 Å². The van der Waals surface area contributed by atoms with Crippen LogP contribution in [0.15, 0.2) is 0 Å². The summed E-state index contributed by atoms with van der Waals surface area (Å²) in [5, 5.41) is 4.97. The van der Waals surface area contributed by atoms with Crippen LogP contribution < -0.4 is 0 Å². The van der Waals surface area contributed by atoms with Crippen molar-refractivity contribution in [2.45, 2.75) is 33.6 Å². The van der Waals surface area contributed by atoms with E-state index in [1.54, 1.807) is 16.4 Å². The molecule has 0 unspecified atom stereocenters. The molecule has 0 saturated carbocycles. The summed E-state index contributed by atoms with van der Waals surface area (Å²) in [7, 11) is 1.84. The number of carbonyl (C=O) groups is 1. The van der Waals surface area contributed by atoms with E-state index < -0.39 is 0 Å². The number of hydrogen-bond acceptors (Lipinski definition) is 3. The molecule has 0 radical (unpaired) electrons. The molecule has 0 bridgehead atoms. The Morgan fingerprint density at radius 2 is 2.17 bits per heavy atom. The van der Waals surface area contributed by atoms with Crippen molar-refractivity contribution in [1.82, 2.24) is 9.78 Å². The van der Waals surface area contributed by atoms with Crippen molar-refractivity contribution in [2.75, 3.05) is 11.5 Å². The highest BCUT2D eigenvalue weighted by Gasteiger charge is 2.16. The van der Waals surface area contributed by atoms with E-state index in [1.807, 2.05) is 14.0 Å². The lowest BCUT2D eigenvalue weighted by molar-refractivity contribution is -0.116. The van der Waals surface area contributed by atoms with Crippen LogP contribution in [-0.2, 0) is 24.7 Å². The molecule has 102 valence electrons. The molecule has 0 aliphatic rings. The van der Waals surface area contributed by atoms with Crippen LogP contribution in [0.25, 0.3) is 0 Å². The number of ketones is 1. The number of thioether (sulfide) groups is 1. The Balaban J connectivity index is 2.56. The second-order valence-corrected chi connectivity index (χ2v) is 6.22.